The summed E-state index contributed by atoms with van der Waals surface area (Å²) in [5.41, 5.74) is 7.86. The molecule has 11 heteroatoms. The normalized spacial score (nSPS) is 22.2. The smallest absolute Gasteiger partial charge is 0.260 e. The summed E-state index contributed by atoms with van der Waals surface area (Å²) in [6.07, 6.45) is 12.6. The number of fused-ring (bicyclic) bond motifs is 1. The second-order valence-electron chi connectivity index (χ2n) is 11.3. The lowest BCUT2D eigenvalue weighted by molar-refractivity contribution is -0.134. The Morgan fingerprint density at radius 3 is 2.35 bits per heavy atom. The molecule has 3 heterocycles. The molecule has 3 fully saturated rings. The Balaban J connectivity index is 0.00000323. The number of nitrogens with two attached hydrogens (primary N) is 1. The number of anilines is 2. The van der Waals surface area contributed by atoms with Gasteiger partial charge >= 0.3 is 0 Å². The van der Waals surface area contributed by atoms with Crippen molar-refractivity contribution in [2.75, 3.05) is 30.3 Å². The van der Waals surface area contributed by atoms with Gasteiger partial charge in [0.25, 0.3) is 5.91 Å². The third-order valence-corrected chi connectivity index (χ3v) is 8.54. The number of aromatic nitrogens is 4. The summed E-state index contributed by atoms with van der Waals surface area (Å²) in [4.78, 5) is 29.3. The molecule has 2 saturated carbocycles. The number of hydrogen-bond donors (Lipinski definition) is 3. The molecule has 0 bridgehead atoms. The molecular weight excluding hydrogens is 528 g/mol. The average Bonchev–Trinajstić information content (AvgIpc) is 3.64. The van der Waals surface area contributed by atoms with Gasteiger partial charge in [-0.3, -0.25) is 4.79 Å². The monoisotopic (exact) mass is 568 g/mol. The van der Waals surface area contributed by atoms with Gasteiger partial charge in [-0.15, -0.1) is 12.4 Å². The Bertz CT molecular complexity index is 1250. The molecule has 1 saturated heterocycles. The van der Waals surface area contributed by atoms with Gasteiger partial charge in [0.2, 0.25) is 5.95 Å². The van der Waals surface area contributed by atoms with E-state index in [0.717, 1.165) is 55.5 Å². The maximum Gasteiger partial charge on any atom is 0.260 e. The summed E-state index contributed by atoms with van der Waals surface area (Å²) in [6, 6.07) is 10.8. The summed E-state index contributed by atoms with van der Waals surface area (Å²) in [6.45, 7) is 1.44. The zero-order chi connectivity index (χ0) is 26.6. The van der Waals surface area contributed by atoms with Gasteiger partial charge in [-0.1, -0.05) is 31.0 Å². The number of piperidine rings is 1. The highest BCUT2D eigenvalue weighted by Crippen LogP contribution is 2.34. The number of ether oxygens (including phenoxy) is 1. The van der Waals surface area contributed by atoms with Crippen LogP contribution in [0.1, 0.15) is 70.3 Å². The minimum Gasteiger partial charge on any atom is -0.484 e. The number of nitrogens with one attached hydrogen (secondary N) is 2. The van der Waals surface area contributed by atoms with E-state index in [0.29, 0.717) is 42.9 Å². The van der Waals surface area contributed by atoms with Gasteiger partial charge in [0.15, 0.2) is 23.6 Å². The minimum atomic E-state index is 0. The van der Waals surface area contributed by atoms with E-state index in [9.17, 15) is 4.79 Å². The highest BCUT2D eigenvalue weighted by atomic mass is 35.5. The second kappa shape index (κ2) is 13.0. The van der Waals surface area contributed by atoms with E-state index in [1.165, 1.54) is 25.7 Å². The van der Waals surface area contributed by atoms with Gasteiger partial charge in [0.05, 0.1) is 6.33 Å². The van der Waals surface area contributed by atoms with Crippen LogP contribution < -0.4 is 21.1 Å². The SMILES string of the molecule is Cl.NC1CCC(Nc2nc(NC3CCN(C(=O)COc4ccccc4)CC3)c3ncn(C4CCCC4)c3n2)CC1. The van der Waals surface area contributed by atoms with Crippen LogP contribution in [0, 0.1) is 0 Å². The summed E-state index contributed by atoms with van der Waals surface area (Å²) in [5, 5.41) is 7.28. The predicted molar refractivity (Wildman–Crippen MR) is 159 cm³/mol. The van der Waals surface area contributed by atoms with Crippen molar-refractivity contribution in [1.82, 2.24) is 24.4 Å². The number of para-hydroxylation sites is 1. The summed E-state index contributed by atoms with van der Waals surface area (Å²) < 4.78 is 7.92. The van der Waals surface area contributed by atoms with Crippen molar-refractivity contribution in [2.45, 2.75) is 88.4 Å². The van der Waals surface area contributed by atoms with Crippen molar-refractivity contribution < 1.29 is 9.53 Å². The van der Waals surface area contributed by atoms with E-state index >= 15 is 0 Å². The first-order chi connectivity index (χ1) is 19.1. The lowest BCUT2D eigenvalue weighted by Crippen LogP contribution is -2.44. The van der Waals surface area contributed by atoms with E-state index in [1.807, 2.05) is 41.6 Å². The molecule has 10 nitrogen and oxygen atoms in total. The quantitative estimate of drug-likeness (QED) is 0.362. The first-order valence-corrected chi connectivity index (χ1v) is 14.6. The highest BCUT2D eigenvalue weighted by Gasteiger charge is 2.27. The van der Waals surface area contributed by atoms with Gasteiger partial charge in [0, 0.05) is 37.3 Å². The fourth-order valence-corrected chi connectivity index (χ4v) is 6.20. The molecule has 4 N–H and O–H groups in total. The number of likely N-dealkylation sites (tertiary alicyclic amines) is 1. The Morgan fingerprint density at radius 2 is 1.62 bits per heavy atom. The average molecular weight is 569 g/mol. The number of amides is 1. The van der Waals surface area contributed by atoms with Crippen LogP contribution in [0.15, 0.2) is 36.7 Å². The molecule has 40 heavy (non-hydrogen) atoms. The van der Waals surface area contributed by atoms with Crippen molar-refractivity contribution >= 4 is 41.2 Å². The number of nitrogens with zero attached hydrogens (tertiary/aromatic N) is 5. The van der Waals surface area contributed by atoms with Crippen molar-refractivity contribution in [3.8, 4) is 5.75 Å². The molecule has 0 radical (unpaired) electrons. The van der Waals surface area contributed by atoms with Crippen molar-refractivity contribution in [2.24, 2.45) is 5.73 Å². The van der Waals surface area contributed by atoms with Gasteiger partial charge in [0.1, 0.15) is 5.75 Å². The number of benzene rings is 1. The van der Waals surface area contributed by atoms with E-state index < -0.39 is 0 Å². The molecule has 0 atom stereocenters. The third-order valence-electron chi connectivity index (χ3n) is 8.54. The summed E-state index contributed by atoms with van der Waals surface area (Å²) in [5.74, 6) is 2.18. The molecule has 2 aromatic heterocycles. The molecule has 1 amide bonds. The fraction of sp³-hybridized carbons (Fsp3) is 0.586. The maximum absolute atomic E-state index is 12.7. The standard InChI is InChI=1S/C29H40N8O2.ClH/c30-20-10-12-21(13-11-20)33-29-34-27(26-28(35-29)37(19-31-26)23-6-4-5-7-23)32-22-14-16-36(17-15-22)25(38)18-39-24-8-2-1-3-9-24;/h1-3,8-9,19-23H,4-7,10-18,30H2,(H2,32,33,34,35);1H. The molecular formula is C29H41ClN8O2. The summed E-state index contributed by atoms with van der Waals surface area (Å²) in [7, 11) is 0. The Kier molecular flexibility index (Phi) is 9.26. The van der Waals surface area contributed by atoms with Crippen molar-refractivity contribution in [1.29, 1.82) is 0 Å². The molecule has 1 aromatic carbocycles. The first-order valence-electron chi connectivity index (χ1n) is 14.6. The van der Waals surface area contributed by atoms with Crippen molar-refractivity contribution in [3.63, 3.8) is 0 Å². The van der Waals surface area contributed by atoms with E-state index in [4.69, 9.17) is 25.4 Å². The zero-order valence-corrected chi connectivity index (χ0v) is 23.8. The Labute approximate surface area is 241 Å². The molecule has 2 aliphatic carbocycles. The molecule has 3 aromatic rings. The molecule has 216 valence electrons. The minimum absolute atomic E-state index is 0. The number of imidazole rings is 1. The molecule has 0 spiro atoms. The molecule has 3 aliphatic rings. The van der Waals surface area contributed by atoms with E-state index in [-0.39, 0.29) is 31.0 Å². The van der Waals surface area contributed by atoms with Crippen LogP contribution in [0.25, 0.3) is 11.2 Å². The molecule has 0 unspecified atom stereocenters. The molecule has 1 aliphatic heterocycles. The van der Waals surface area contributed by atoms with Gasteiger partial charge in [-0.05, 0) is 63.5 Å². The number of halogens is 1. The van der Waals surface area contributed by atoms with Crippen LogP contribution >= 0.6 is 12.4 Å². The largest absolute Gasteiger partial charge is 0.484 e. The van der Waals surface area contributed by atoms with Crippen LogP contribution in [0.2, 0.25) is 0 Å². The topological polar surface area (TPSA) is 123 Å². The lowest BCUT2D eigenvalue weighted by Gasteiger charge is -2.32. The lowest BCUT2D eigenvalue weighted by atomic mass is 9.92. The number of hydrogen-bond acceptors (Lipinski definition) is 8. The molecule has 6 rings (SSSR count). The van der Waals surface area contributed by atoms with Crippen LogP contribution in [0.5, 0.6) is 5.75 Å². The zero-order valence-electron chi connectivity index (χ0n) is 23.0. The first kappa shape index (κ1) is 28.4. The number of rotatable bonds is 8. The summed E-state index contributed by atoms with van der Waals surface area (Å²) >= 11 is 0. The fourth-order valence-electron chi connectivity index (χ4n) is 6.20. The third kappa shape index (κ3) is 6.61. The van der Waals surface area contributed by atoms with Crippen LogP contribution in [-0.2, 0) is 4.79 Å². The van der Waals surface area contributed by atoms with E-state index in [1.54, 1.807) is 0 Å². The van der Waals surface area contributed by atoms with Crippen LogP contribution in [0.4, 0.5) is 11.8 Å². The van der Waals surface area contributed by atoms with Gasteiger partial charge < -0.3 is 30.6 Å². The van der Waals surface area contributed by atoms with Gasteiger partial charge in [-0.2, -0.15) is 9.97 Å². The van der Waals surface area contributed by atoms with Gasteiger partial charge in [-0.25, -0.2) is 4.98 Å². The number of carbonyl (C=O) groups is 1. The maximum atomic E-state index is 12.7. The second-order valence-corrected chi connectivity index (χ2v) is 11.3. The van der Waals surface area contributed by atoms with E-state index in [2.05, 4.69) is 15.2 Å². The van der Waals surface area contributed by atoms with Crippen LogP contribution in [0.3, 0.4) is 0 Å². The Hall–Kier alpha value is -3.11. The highest BCUT2D eigenvalue weighted by molar-refractivity contribution is 5.85. The van der Waals surface area contributed by atoms with Crippen molar-refractivity contribution in [3.05, 3.63) is 36.7 Å². The predicted octanol–water partition coefficient (Wildman–Crippen LogP) is 4.53. The van der Waals surface area contributed by atoms with Crippen LogP contribution in [-0.4, -0.2) is 68.1 Å². The Morgan fingerprint density at radius 1 is 0.925 bits per heavy atom. The number of carbonyl (C=O) groups excluding carboxylic acids is 1.